The number of aryl methyl sites for hydroxylation is 1. The van der Waals surface area contributed by atoms with Crippen molar-refractivity contribution in [1.82, 2.24) is 9.13 Å². The normalized spacial score (nSPS) is 24.8. The molecule has 3 aromatic rings. The van der Waals surface area contributed by atoms with Gasteiger partial charge in [0, 0.05) is 24.4 Å². The molecule has 2 aliphatic heterocycles. The summed E-state index contributed by atoms with van der Waals surface area (Å²) in [6, 6.07) is 18.7. The van der Waals surface area contributed by atoms with Crippen molar-refractivity contribution in [2.75, 3.05) is 33.5 Å². The monoisotopic (exact) mass is 538 g/mol. The molecule has 2 aromatic carbocycles. The highest BCUT2D eigenvalue weighted by atomic mass is 16.7. The number of benzene rings is 2. The molecule has 10 nitrogen and oxygen atoms in total. The third-order valence-corrected chi connectivity index (χ3v) is 6.97. The van der Waals surface area contributed by atoms with Gasteiger partial charge in [0.25, 0.3) is 5.56 Å². The summed E-state index contributed by atoms with van der Waals surface area (Å²) in [7, 11) is 1.60. The molecule has 0 amide bonds. The second kappa shape index (κ2) is 12.8. The molecule has 5 atom stereocenters. The van der Waals surface area contributed by atoms with E-state index in [9.17, 15) is 9.59 Å². The van der Waals surface area contributed by atoms with Crippen LogP contribution in [-0.4, -0.2) is 61.0 Å². The molecular weight excluding hydrogens is 504 g/mol. The second-order valence-electron chi connectivity index (χ2n) is 9.64. The standard InChI is InChI=1S/C29H34N2O8/c1-20-15-30(29(33)31(27(20)32)19-35-16-21-9-5-3-6-10-21)23-17-37-24-18-38-28(22-11-7-4-8-12-22)39-26(24)25(23)36-14-13-34-2/h3-12,15,23-26,28H,13-14,16-19H2,1-2H3/t23-,24-,25+,26-,28-/m1/s1. The molecule has 0 saturated carbocycles. The highest BCUT2D eigenvalue weighted by Crippen LogP contribution is 2.36. The third kappa shape index (κ3) is 6.22. The van der Waals surface area contributed by atoms with Crippen LogP contribution in [0, 0.1) is 6.92 Å². The first-order chi connectivity index (χ1) is 19.1. The van der Waals surface area contributed by atoms with Gasteiger partial charge in [0.15, 0.2) is 6.29 Å². The summed E-state index contributed by atoms with van der Waals surface area (Å²) in [5.41, 5.74) is 1.33. The van der Waals surface area contributed by atoms with Crippen LogP contribution >= 0.6 is 0 Å². The van der Waals surface area contributed by atoms with Gasteiger partial charge < -0.3 is 28.4 Å². The van der Waals surface area contributed by atoms with E-state index >= 15 is 0 Å². The Morgan fingerprint density at radius 3 is 2.44 bits per heavy atom. The lowest BCUT2D eigenvalue weighted by atomic mass is 9.96. The Bertz CT molecular complexity index is 1330. The van der Waals surface area contributed by atoms with Crippen molar-refractivity contribution in [3.8, 4) is 0 Å². The zero-order chi connectivity index (χ0) is 27.2. The first-order valence-electron chi connectivity index (χ1n) is 13.0. The fraction of sp³-hybridized carbons (Fsp3) is 0.448. The highest BCUT2D eigenvalue weighted by molar-refractivity contribution is 5.17. The lowest BCUT2D eigenvalue weighted by molar-refractivity contribution is -0.312. The predicted octanol–water partition coefficient (Wildman–Crippen LogP) is 2.58. The number of fused-ring (bicyclic) bond motifs is 1. The van der Waals surface area contributed by atoms with Gasteiger partial charge in [-0.15, -0.1) is 0 Å². The fourth-order valence-corrected chi connectivity index (χ4v) is 4.95. The van der Waals surface area contributed by atoms with E-state index in [1.54, 1.807) is 20.2 Å². The predicted molar refractivity (Wildman–Crippen MR) is 141 cm³/mol. The Balaban J connectivity index is 1.42. The van der Waals surface area contributed by atoms with E-state index in [0.29, 0.717) is 25.4 Å². The molecule has 1 aromatic heterocycles. The SMILES string of the molecule is COCCO[C@@H]1[C@@H]2O[C@H](c3ccccc3)OC[C@H]2OC[C@H]1n1cc(C)c(=O)n(COCc2ccccc2)c1=O. The molecule has 5 rings (SSSR count). The quantitative estimate of drug-likeness (QED) is 0.363. The van der Waals surface area contributed by atoms with Crippen LogP contribution in [0.5, 0.6) is 0 Å². The van der Waals surface area contributed by atoms with Crippen molar-refractivity contribution in [2.24, 2.45) is 0 Å². The van der Waals surface area contributed by atoms with Crippen LogP contribution in [0.15, 0.2) is 76.4 Å². The molecule has 208 valence electrons. The van der Waals surface area contributed by atoms with Gasteiger partial charge in [0.2, 0.25) is 0 Å². The van der Waals surface area contributed by atoms with Crippen LogP contribution in [-0.2, 0) is 41.8 Å². The summed E-state index contributed by atoms with van der Waals surface area (Å²) >= 11 is 0. The van der Waals surface area contributed by atoms with E-state index in [1.165, 1.54) is 4.57 Å². The van der Waals surface area contributed by atoms with Crippen molar-refractivity contribution in [2.45, 2.75) is 50.9 Å². The molecule has 0 unspecified atom stereocenters. The second-order valence-corrected chi connectivity index (χ2v) is 9.64. The van der Waals surface area contributed by atoms with E-state index in [-0.39, 0.29) is 26.0 Å². The highest BCUT2D eigenvalue weighted by Gasteiger charge is 2.47. The Kier molecular flexibility index (Phi) is 9.02. The molecule has 10 heteroatoms. The number of ether oxygens (including phenoxy) is 6. The number of rotatable bonds is 10. The van der Waals surface area contributed by atoms with Crippen molar-refractivity contribution < 1.29 is 28.4 Å². The molecule has 39 heavy (non-hydrogen) atoms. The average Bonchev–Trinajstić information content (AvgIpc) is 2.98. The molecule has 3 heterocycles. The van der Waals surface area contributed by atoms with E-state index in [4.69, 9.17) is 28.4 Å². The summed E-state index contributed by atoms with van der Waals surface area (Å²) in [5.74, 6) is 0. The van der Waals surface area contributed by atoms with E-state index in [0.717, 1.165) is 15.7 Å². The Morgan fingerprint density at radius 1 is 0.949 bits per heavy atom. The minimum Gasteiger partial charge on any atom is -0.382 e. The van der Waals surface area contributed by atoms with Gasteiger partial charge in [-0.2, -0.15) is 0 Å². The maximum Gasteiger partial charge on any atom is 0.333 e. The van der Waals surface area contributed by atoms with Crippen molar-refractivity contribution in [1.29, 1.82) is 0 Å². The summed E-state index contributed by atoms with van der Waals surface area (Å²) in [5, 5.41) is 0. The van der Waals surface area contributed by atoms with Gasteiger partial charge in [-0.25, -0.2) is 9.36 Å². The summed E-state index contributed by atoms with van der Waals surface area (Å²) in [4.78, 5) is 26.6. The fourth-order valence-electron chi connectivity index (χ4n) is 4.95. The zero-order valence-corrected chi connectivity index (χ0v) is 22.1. The Morgan fingerprint density at radius 2 is 1.69 bits per heavy atom. The van der Waals surface area contributed by atoms with Crippen LogP contribution in [0.25, 0.3) is 0 Å². The van der Waals surface area contributed by atoms with E-state index in [2.05, 4.69) is 0 Å². The lowest BCUT2D eigenvalue weighted by Gasteiger charge is -2.46. The van der Waals surface area contributed by atoms with Crippen LogP contribution < -0.4 is 11.2 Å². The van der Waals surface area contributed by atoms with Crippen LogP contribution in [0.1, 0.15) is 29.0 Å². The smallest absolute Gasteiger partial charge is 0.333 e. The molecular formula is C29H34N2O8. The van der Waals surface area contributed by atoms with E-state index < -0.39 is 35.8 Å². The number of nitrogens with zero attached hydrogens (tertiary/aromatic N) is 2. The van der Waals surface area contributed by atoms with Crippen LogP contribution in [0.3, 0.4) is 0 Å². The third-order valence-electron chi connectivity index (χ3n) is 6.97. The van der Waals surface area contributed by atoms with E-state index in [1.807, 2.05) is 60.7 Å². The van der Waals surface area contributed by atoms with Crippen molar-refractivity contribution in [3.05, 3.63) is 104 Å². The number of hydrogen-bond acceptors (Lipinski definition) is 8. The van der Waals surface area contributed by atoms with Gasteiger partial charge in [-0.1, -0.05) is 60.7 Å². The van der Waals surface area contributed by atoms with Gasteiger partial charge >= 0.3 is 5.69 Å². The van der Waals surface area contributed by atoms with Crippen LogP contribution in [0.4, 0.5) is 0 Å². The molecule has 2 fully saturated rings. The molecule has 0 N–H and O–H groups in total. The van der Waals surface area contributed by atoms with Gasteiger partial charge in [0.05, 0.1) is 39.1 Å². The maximum atomic E-state index is 13.6. The molecule has 2 aliphatic rings. The zero-order valence-electron chi connectivity index (χ0n) is 22.1. The Labute approximate surface area is 226 Å². The van der Waals surface area contributed by atoms with Crippen LogP contribution in [0.2, 0.25) is 0 Å². The summed E-state index contributed by atoms with van der Waals surface area (Å²) < 4.78 is 38.3. The van der Waals surface area contributed by atoms with Gasteiger partial charge in [-0.05, 0) is 12.5 Å². The van der Waals surface area contributed by atoms with Gasteiger partial charge in [-0.3, -0.25) is 9.36 Å². The number of aromatic nitrogens is 2. The Hall–Kier alpha value is -3.12. The molecule has 2 saturated heterocycles. The number of hydrogen-bond donors (Lipinski definition) is 0. The molecule has 0 aliphatic carbocycles. The minimum atomic E-state index is -0.595. The average molecular weight is 539 g/mol. The summed E-state index contributed by atoms with van der Waals surface area (Å²) in [6.45, 7) is 2.95. The van der Waals surface area contributed by atoms with Gasteiger partial charge in [0.1, 0.15) is 25.0 Å². The van der Waals surface area contributed by atoms with Crippen molar-refractivity contribution in [3.63, 3.8) is 0 Å². The minimum absolute atomic E-state index is 0.177. The first-order valence-corrected chi connectivity index (χ1v) is 13.0. The van der Waals surface area contributed by atoms with Crippen molar-refractivity contribution >= 4 is 0 Å². The summed E-state index contributed by atoms with van der Waals surface area (Å²) in [6.07, 6.45) is -0.468. The molecule has 0 spiro atoms. The molecule has 0 radical (unpaired) electrons. The topological polar surface area (TPSA) is 99.4 Å². The molecule has 0 bridgehead atoms. The first kappa shape index (κ1) is 27.4. The maximum absolute atomic E-state index is 13.6. The lowest BCUT2D eigenvalue weighted by Crippen LogP contribution is -2.59. The number of methoxy groups -OCH3 is 1. The largest absolute Gasteiger partial charge is 0.382 e.